The van der Waals surface area contributed by atoms with Gasteiger partial charge in [0.1, 0.15) is 18.1 Å². The van der Waals surface area contributed by atoms with E-state index in [1.807, 2.05) is 78.4 Å². The average molecular weight is 906 g/mol. The van der Waals surface area contributed by atoms with Crippen molar-refractivity contribution in [1.82, 2.24) is 45.0 Å². The summed E-state index contributed by atoms with van der Waals surface area (Å²) in [4.78, 5) is 71.2. The van der Waals surface area contributed by atoms with Crippen molar-refractivity contribution in [3.63, 3.8) is 0 Å². The van der Waals surface area contributed by atoms with E-state index >= 15 is 0 Å². The monoisotopic (exact) mass is 905 g/mol. The van der Waals surface area contributed by atoms with Crippen LogP contribution in [0.5, 0.6) is 0 Å². The normalized spacial score (nSPS) is 20.6. The molecule has 0 unspecified atom stereocenters. The van der Waals surface area contributed by atoms with Crippen molar-refractivity contribution in [3.05, 3.63) is 58.2 Å². The zero-order chi connectivity index (χ0) is 46.2. The third-order valence-corrected chi connectivity index (χ3v) is 13.5. The molecule has 3 aromatic heterocycles. The van der Waals surface area contributed by atoms with Gasteiger partial charge in [-0.25, -0.2) is 24.0 Å². The van der Waals surface area contributed by atoms with Gasteiger partial charge in [0.05, 0.1) is 41.3 Å². The number of ether oxygens (including phenoxy) is 2. The maximum Gasteiger partial charge on any atom is 0.324 e. The molecule has 4 atom stereocenters. The number of hydrazine groups is 1. The number of hydrogen-bond acceptors (Lipinski definition) is 11. The number of alkyl halides is 2. The van der Waals surface area contributed by atoms with E-state index in [1.165, 1.54) is 21.2 Å². The molecule has 64 heavy (non-hydrogen) atoms. The first-order valence-electron chi connectivity index (χ1n) is 22.0. The summed E-state index contributed by atoms with van der Waals surface area (Å²) in [7, 11) is 7.12. The Morgan fingerprint density at radius 3 is 2.56 bits per heavy atom. The number of urea groups is 1. The van der Waals surface area contributed by atoms with Gasteiger partial charge in [0.15, 0.2) is 0 Å². The molecule has 0 radical (unpaired) electrons. The van der Waals surface area contributed by atoms with Crippen LogP contribution in [-0.4, -0.2) is 143 Å². The number of benzene rings is 1. The first kappa shape index (κ1) is 46.9. The fraction of sp³-hybridized carbons (Fsp3) is 0.565. The van der Waals surface area contributed by atoms with Crippen molar-refractivity contribution < 1.29 is 37.4 Å². The van der Waals surface area contributed by atoms with Crippen LogP contribution < -0.4 is 10.7 Å². The van der Waals surface area contributed by atoms with Crippen LogP contribution in [0.1, 0.15) is 69.8 Å². The molecule has 1 aromatic carbocycles. The fourth-order valence-corrected chi connectivity index (χ4v) is 9.88. The van der Waals surface area contributed by atoms with Crippen LogP contribution in [0.2, 0.25) is 0 Å². The van der Waals surface area contributed by atoms with Crippen LogP contribution in [0.25, 0.3) is 33.4 Å². The van der Waals surface area contributed by atoms with Crippen LogP contribution in [0, 0.1) is 11.3 Å². The number of esters is 1. The summed E-state index contributed by atoms with van der Waals surface area (Å²) in [5.41, 5.74) is 6.98. The molecular weight excluding hydrogens is 845 g/mol. The first-order valence-corrected chi connectivity index (χ1v) is 22.8. The minimum Gasteiger partial charge on any atom is -0.464 e. The van der Waals surface area contributed by atoms with Crippen molar-refractivity contribution >= 4 is 46.1 Å². The quantitative estimate of drug-likeness (QED) is 0.188. The predicted octanol–water partition coefficient (Wildman–Crippen LogP) is 5.77. The van der Waals surface area contributed by atoms with E-state index in [0.29, 0.717) is 65.5 Å². The van der Waals surface area contributed by atoms with Crippen LogP contribution in [0.3, 0.4) is 0 Å². The third-order valence-electron chi connectivity index (χ3n) is 12.6. The van der Waals surface area contributed by atoms with E-state index in [-0.39, 0.29) is 37.6 Å². The molecule has 6 bridgehead atoms. The second-order valence-electron chi connectivity index (χ2n) is 18.6. The lowest BCUT2D eigenvalue weighted by molar-refractivity contribution is -0.155. The van der Waals surface area contributed by atoms with E-state index in [9.17, 15) is 28.0 Å². The zero-order valence-electron chi connectivity index (χ0n) is 38.2. The van der Waals surface area contributed by atoms with Crippen LogP contribution in [0.4, 0.5) is 13.6 Å². The van der Waals surface area contributed by atoms with Gasteiger partial charge < -0.3 is 34.1 Å². The Morgan fingerprint density at radius 2 is 1.88 bits per heavy atom. The number of carbonyl (C=O) groups excluding carboxylic acids is 4. The molecule has 18 heteroatoms. The number of cyclic esters (lactones) is 1. The Bertz CT molecular complexity index is 2360. The third kappa shape index (κ3) is 9.79. The van der Waals surface area contributed by atoms with E-state index in [0.717, 1.165) is 16.5 Å². The summed E-state index contributed by atoms with van der Waals surface area (Å²) in [6, 6.07) is 6.43. The molecule has 2 fully saturated rings. The fourth-order valence-electron chi connectivity index (χ4n) is 9.03. The number of likely N-dealkylation sites (N-methyl/N-ethyl adjacent to an activating group) is 2. The first-order chi connectivity index (χ1) is 30.4. The SMILES string of the molecule is CO[C@@H](C)c1ncccc1-c1c2c3cc(ccc3n1CC(F)F)-c1csc(n1)C[C@H](NC(=O)[C@H](C(C)C)N(C)C(=O)N1CC(N(C)C)C1)C(=O)N1CCC[C@H](N1)C(=O)OCC(C)(C)C2. The molecule has 15 nitrogen and oxygen atoms in total. The minimum atomic E-state index is -2.67. The lowest BCUT2D eigenvalue weighted by Gasteiger charge is -2.45. The smallest absolute Gasteiger partial charge is 0.324 e. The second kappa shape index (κ2) is 19.2. The van der Waals surface area contributed by atoms with Crippen molar-refractivity contribution in [2.75, 3.05) is 54.5 Å². The number of carbonyl (C=O) groups is 4. The van der Waals surface area contributed by atoms with Crippen molar-refractivity contribution in [2.24, 2.45) is 11.3 Å². The zero-order valence-corrected chi connectivity index (χ0v) is 39.0. The number of rotatable bonds is 10. The topological polar surface area (TPSA) is 154 Å². The number of methoxy groups -OCH3 is 1. The summed E-state index contributed by atoms with van der Waals surface area (Å²) in [5, 5.41) is 7.56. The Hall–Kier alpha value is -5.04. The van der Waals surface area contributed by atoms with Gasteiger partial charge >= 0.3 is 12.0 Å². The second-order valence-corrected chi connectivity index (χ2v) is 19.6. The number of likely N-dealkylation sites (tertiary alicyclic amines) is 1. The largest absolute Gasteiger partial charge is 0.464 e. The maximum absolute atomic E-state index is 14.6. The van der Waals surface area contributed by atoms with Crippen molar-refractivity contribution in [1.29, 1.82) is 0 Å². The molecule has 0 aliphatic carbocycles. The van der Waals surface area contributed by atoms with Gasteiger partial charge in [0.25, 0.3) is 12.3 Å². The van der Waals surface area contributed by atoms with Gasteiger partial charge in [-0.15, -0.1) is 11.3 Å². The standard InChI is InChI=1S/C46H61F2N9O6S/c1-26(2)40(54(8)45(61)55-21-29(22-55)53(6)7)42(58)51-34-19-38-50-35(24-64-38)28-14-15-36-31(18-28)32(20-46(4,5)25-63-44(60)33-13-11-17-57(52-33)43(34)59)41(56(36)23-37(47)48)30-12-10-16-49-39(30)27(3)62-9/h10,12,14-16,18,24,26-27,29,33-34,37,40,52H,11,13,17,19-23,25H2,1-9H3,(H,51,58)/t27-,33-,34-,40-/m0/s1. The highest BCUT2D eigenvalue weighted by atomic mass is 32.1. The molecule has 2 saturated heterocycles. The molecule has 7 rings (SSSR count). The predicted molar refractivity (Wildman–Crippen MR) is 240 cm³/mol. The number of thiazole rings is 1. The summed E-state index contributed by atoms with van der Waals surface area (Å²) in [6.07, 6.45) is -0.161. The van der Waals surface area contributed by atoms with Crippen LogP contribution >= 0.6 is 11.3 Å². The molecule has 6 heterocycles. The Morgan fingerprint density at radius 1 is 1.12 bits per heavy atom. The number of halogens is 2. The van der Waals surface area contributed by atoms with E-state index in [1.54, 1.807) is 35.9 Å². The lowest BCUT2D eigenvalue weighted by atomic mass is 9.84. The van der Waals surface area contributed by atoms with Crippen LogP contribution in [-0.2, 0) is 43.2 Å². The molecular formula is C46H61F2N9O6S. The highest BCUT2D eigenvalue weighted by Crippen LogP contribution is 2.42. The van der Waals surface area contributed by atoms with E-state index in [2.05, 4.69) is 20.6 Å². The highest BCUT2D eigenvalue weighted by Gasteiger charge is 2.41. The minimum absolute atomic E-state index is 0.00281. The van der Waals surface area contributed by atoms with Gasteiger partial charge in [-0.05, 0) is 76.0 Å². The molecule has 2 N–H and O–H groups in total. The maximum atomic E-state index is 14.6. The summed E-state index contributed by atoms with van der Waals surface area (Å²) < 4.78 is 42.6. The van der Waals surface area contributed by atoms with Gasteiger partial charge in [-0.1, -0.05) is 33.8 Å². The van der Waals surface area contributed by atoms with E-state index < -0.39 is 60.4 Å². The number of hydrogen-bond donors (Lipinski definition) is 2. The molecule has 0 spiro atoms. The molecule has 4 amide bonds. The van der Waals surface area contributed by atoms with Gasteiger partial charge in [-0.2, -0.15) is 0 Å². The molecule has 3 aliphatic heterocycles. The number of nitrogens with zero attached hydrogens (tertiary/aromatic N) is 7. The van der Waals surface area contributed by atoms with E-state index in [4.69, 9.17) is 14.5 Å². The number of pyridine rings is 1. The molecule has 346 valence electrons. The number of aromatic nitrogens is 3. The number of amides is 4. The van der Waals surface area contributed by atoms with Gasteiger partial charge in [0, 0.05) is 85.3 Å². The average Bonchev–Trinajstić information content (AvgIpc) is 3.82. The number of fused-ring (bicyclic) bond motifs is 6. The van der Waals surface area contributed by atoms with Crippen molar-refractivity contribution in [3.8, 4) is 22.5 Å². The molecule has 0 saturated carbocycles. The lowest BCUT2D eigenvalue weighted by Crippen LogP contribution is -2.65. The Kier molecular flexibility index (Phi) is 14.1. The number of nitrogens with one attached hydrogen (secondary N) is 2. The Balaban J connectivity index is 1.30. The summed E-state index contributed by atoms with van der Waals surface area (Å²) in [6.45, 7) is 10.3. The highest BCUT2D eigenvalue weighted by molar-refractivity contribution is 7.10. The molecule has 4 aromatic rings. The Labute approximate surface area is 377 Å². The summed E-state index contributed by atoms with van der Waals surface area (Å²) >= 11 is 1.33. The summed E-state index contributed by atoms with van der Waals surface area (Å²) in [5.74, 6) is -1.76. The van der Waals surface area contributed by atoms with Gasteiger partial charge in [0.2, 0.25) is 5.91 Å². The molecule has 3 aliphatic rings. The van der Waals surface area contributed by atoms with Gasteiger partial charge in [-0.3, -0.25) is 24.4 Å². The van der Waals surface area contributed by atoms with Crippen LogP contribution in [0.15, 0.2) is 41.9 Å². The van der Waals surface area contributed by atoms with Crippen molar-refractivity contribution in [2.45, 2.75) is 104 Å².